The Morgan fingerprint density at radius 1 is 1.37 bits per heavy atom. The zero-order chi connectivity index (χ0) is 13.7. The van der Waals surface area contributed by atoms with Crippen LogP contribution in [0.3, 0.4) is 0 Å². The number of ether oxygens (including phenoxy) is 1. The van der Waals surface area contributed by atoms with E-state index >= 15 is 0 Å². The topological polar surface area (TPSA) is 21.3 Å². The summed E-state index contributed by atoms with van der Waals surface area (Å²) in [7, 11) is 0. The highest BCUT2D eigenvalue weighted by atomic mass is 32.2. The third-order valence-electron chi connectivity index (χ3n) is 4.05. The summed E-state index contributed by atoms with van der Waals surface area (Å²) in [5.41, 5.74) is 1.37. The standard InChI is InChI=1S/C16H25NOS/c1-4-16-14(9-10-18-16)11-17-12(2)13-5-7-15(19-3)8-6-13/h5-8,12,14,16-17H,4,9-11H2,1-3H3. The van der Waals surface area contributed by atoms with Crippen molar-refractivity contribution in [2.45, 2.75) is 43.7 Å². The Hall–Kier alpha value is -0.510. The van der Waals surface area contributed by atoms with Crippen LogP contribution in [-0.2, 0) is 4.74 Å². The molecule has 1 N–H and O–H groups in total. The molecular formula is C16H25NOS. The van der Waals surface area contributed by atoms with Gasteiger partial charge in [0, 0.05) is 24.1 Å². The number of thioether (sulfide) groups is 1. The molecule has 1 heterocycles. The molecule has 1 aromatic carbocycles. The molecule has 1 fully saturated rings. The molecule has 0 spiro atoms. The van der Waals surface area contributed by atoms with Gasteiger partial charge in [-0.2, -0.15) is 0 Å². The molecule has 1 aromatic rings. The summed E-state index contributed by atoms with van der Waals surface area (Å²) in [4.78, 5) is 1.33. The van der Waals surface area contributed by atoms with E-state index in [0.29, 0.717) is 18.1 Å². The molecular weight excluding hydrogens is 254 g/mol. The molecule has 1 aliphatic heterocycles. The van der Waals surface area contributed by atoms with Crippen molar-refractivity contribution < 1.29 is 4.74 Å². The van der Waals surface area contributed by atoms with Crippen LogP contribution in [0.1, 0.15) is 38.3 Å². The molecule has 0 aromatic heterocycles. The highest BCUT2D eigenvalue weighted by molar-refractivity contribution is 7.98. The fourth-order valence-electron chi connectivity index (χ4n) is 2.72. The van der Waals surface area contributed by atoms with Crippen molar-refractivity contribution in [1.82, 2.24) is 5.32 Å². The Bertz CT molecular complexity index is 379. The van der Waals surface area contributed by atoms with Crippen molar-refractivity contribution >= 4 is 11.8 Å². The Labute approximate surface area is 121 Å². The van der Waals surface area contributed by atoms with E-state index < -0.39 is 0 Å². The third kappa shape index (κ3) is 3.98. The van der Waals surface area contributed by atoms with Gasteiger partial charge in [-0.1, -0.05) is 19.1 Å². The number of rotatable bonds is 6. The van der Waals surface area contributed by atoms with Crippen LogP contribution in [0.4, 0.5) is 0 Å². The van der Waals surface area contributed by atoms with E-state index in [1.165, 1.54) is 16.9 Å². The van der Waals surface area contributed by atoms with Crippen LogP contribution in [-0.4, -0.2) is 25.5 Å². The maximum atomic E-state index is 5.74. The van der Waals surface area contributed by atoms with Gasteiger partial charge in [0.15, 0.2) is 0 Å². The maximum absolute atomic E-state index is 5.74. The molecule has 3 atom stereocenters. The first-order valence-corrected chi connectivity index (χ1v) is 8.46. The van der Waals surface area contributed by atoms with Gasteiger partial charge in [-0.05, 0) is 49.6 Å². The highest BCUT2D eigenvalue weighted by Gasteiger charge is 2.26. The van der Waals surface area contributed by atoms with E-state index in [2.05, 4.69) is 49.7 Å². The minimum Gasteiger partial charge on any atom is -0.378 e. The largest absolute Gasteiger partial charge is 0.378 e. The van der Waals surface area contributed by atoms with Gasteiger partial charge >= 0.3 is 0 Å². The molecule has 106 valence electrons. The van der Waals surface area contributed by atoms with Crippen molar-refractivity contribution in [1.29, 1.82) is 0 Å². The summed E-state index contributed by atoms with van der Waals surface area (Å²) in [6, 6.07) is 9.27. The molecule has 0 aliphatic carbocycles. The second-order valence-electron chi connectivity index (χ2n) is 5.27. The van der Waals surface area contributed by atoms with Crippen molar-refractivity contribution in [3.8, 4) is 0 Å². The summed E-state index contributed by atoms with van der Waals surface area (Å²) in [5.74, 6) is 0.679. The lowest BCUT2D eigenvalue weighted by Gasteiger charge is -2.21. The maximum Gasteiger partial charge on any atom is 0.0613 e. The zero-order valence-electron chi connectivity index (χ0n) is 12.2. The van der Waals surface area contributed by atoms with Gasteiger partial charge in [-0.25, -0.2) is 0 Å². The molecule has 2 nitrogen and oxygen atoms in total. The Morgan fingerprint density at radius 2 is 2.11 bits per heavy atom. The zero-order valence-corrected chi connectivity index (χ0v) is 13.0. The predicted molar refractivity (Wildman–Crippen MR) is 82.8 cm³/mol. The van der Waals surface area contributed by atoms with Crippen molar-refractivity contribution in [2.75, 3.05) is 19.4 Å². The molecule has 0 amide bonds. The molecule has 1 saturated heterocycles. The minimum atomic E-state index is 0.411. The Morgan fingerprint density at radius 3 is 2.74 bits per heavy atom. The highest BCUT2D eigenvalue weighted by Crippen LogP contribution is 2.24. The SMILES string of the molecule is CCC1OCCC1CNC(C)c1ccc(SC)cc1. The third-order valence-corrected chi connectivity index (χ3v) is 4.79. The number of benzene rings is 1. The van der Waals surface area contributed by atoms with Crippen molar-refractivity contribution in [2.24, 2.45) is 5.92 Å². The average molecular weight is 279 g/mol. The lowest BCUT2D eigenvalue weighted by atomic mass is 9.98. The second-order valence-corrected chi connectivity index (χ2v) is 6.15. The monoisotopic (exact) mass is 279 g/mol. The fourth-order valence-corrected chi connectivity index (χ4v) is 3.12. The van der Waals surface area contributed by atoms with Gasteiger partial charge in [-0.15, -0.1) is 11.8 Å². The summed E-state index contributed by atoms with van der Waals surface area (Å²) in [5, 5.41) is 3.66. The molecule has 3 heteroatoms. The Kier molecular flexibility index (Phi) is 5.74. The molecule has 3 unspecified atom stereocenters. The van der Waals surface area contributed by atoms with Crippen molar-refractivity contribution in [3.05, 3.63) is 29.8 Å². The molecule has 0 radical (unpaired) electrons. The number of hydrogen-bond acceptors (Lipinski definition) is 3. The van der Waals surface area contributed by atoms with E-state index in [9.17, 15) is 0 Å². The van der Waals surface area contributed by atoms with E-state index in [1.807, 2.05) is 0 Å². The van der Waals surface area contributed by atoms with Crippen LogP contribution >= 0.6 is 11.8 Å². The minimum absolute atomic E-state index is 0.411. The first-order valence-electron chi connectivity index (χ1n) is 7.23. The van der Waals surface area contributed by atoms with Gasteiger partial charge in [0.25, 0.3) is 0 Å². The van der Waals surface area contributed by atoms with Crippen LogP contribution in [0.2, 0.25) is 0 Å². The second kappa shape index (κ2) is 7.32. The lowest BCUT2D eigenvalue weighted by molar-refractivity contribution is 0.0867. The smallest absolute Gasteiger partial charge is 0.0613 e. The summed E-state index contributed by atoms with van der Waals surface area (Å²) in [6.45, 7) is 6.45. The van der Waals surface area contributed by atoms with Gasteiger partial charge < -0.3 is 10.1 Å². The van der Waals surface area contributed by atoms with Crippen LogP contribution in [0.5, 0.6) is 0 Å². The van der Waals surface area contributed by atoms with Gasteiger partial charge in [-0.3, -0.25) is 0 Å². The summed E-state index contributed by atoms with van der Waals surface area (Å²) < 4.78 is 5.74. The normalized spacial score (nSPS) is 24.6. The van der Waals surface area contributed by atoms with E-state index in [4.69, 9.17) is 4.74 Å². The van der Waals surface area contributed by atoms with Gasteiger partial charge in [0.05, 0.1) is 6.10 Å². The van der Waals surface area contributed by atoms with E-state index in [-0.39, 0.29) is 0 Å². The van der Waals surface area contributed by atoms with Crippen LogP contribution in [0.25, 0.3) is 0 Å². The van der Waals surface area contributed by atoms with E-state index in [0.717, 1.165) is 19.6 Å². The molecule has 2 rings (SSSR count). The molecule has 0 saturated carbocycles. The van der Waals surface area contributed by atoms with E-state index in [1.54, 1.807) is 11.8 Å². The quantitative estimate of drug-likeness (QED) is 0.799. The van der Waals surface area contributed by atoms with Gasteiger partial charge in [0.1, 0.15) is 0 Å². The molecule has 0 bridgehead atoms. The fraction of sp³-hybridized carbons (Fsp3) is 0.625. The molecule has 19 heavy (non-hydrogen) atoms. The van der Waals surface area contributed by atoms with Gasteiger partial charge in [0.2, 0.25) is 0 Å². The first-order chi connectivity index (χ1) is 9.24. The van der Waals surface area contributed by atoms with Crippen LogP contribution in [0, 0.1) is 5.92 Å². The molecule has 1 aliphatic rings. The average Bonchev–Trinajstić information content (AvgIpc) is 2.92. The van der Waals surface area contributed by atoms with Crippen molar-refractivity contribution in [3.63, 3.8) is 0 Å². The summed E-state index contributed by atoms with van der Waals surface area (Å²) >= 11 is 1.79. The number of nitrogens with one attached hydrogen (secondary N) is 1. The summed E-state index contributed by atoms with van der Waals surface area (Å²) in [6.07, 6.45) is 4.90. The Balaban J connectivity index is 1.84. The predicted octanol–water partition coefficient (Wildman–Crippen LogP) is 3.87. The number of hydrogen-bond donors (Lipinski definition) is 1. The first kappa shape index (κ1) is 14.9. The van der Waals surface area contributed by atoms with Crippen LogP contribution in [0.15, 0.2) is 29.2 Å². The van der Waals surface area contributed by atoms with Crippen LogP contribution < -0.4 is 5.32 Å². The lowest BCUT2D eigenvalue weighted by Crippen LogP contribution is -2.30.